The molecule has 1 aromatic carbocycles. The molecule has 0 saturated heterocycles. The molecule has 1 unspecified atom stereocenters. The SMILES string of the molecule is O=C1NCC(O)n2nc(-c3ccc(F)cc3)cc21. The fourth-order valence-corrected chi connectivity index (χ4v) is 1.91. The number of benzene rings is 1. The van der Waals surface area contributed by atoms with Crippen LogP contribution in [0.15, 0.2) is 30.3 Å². The standard InChI is InChI=1S/C12H10FN3O2/c13-8-3-1-7(2-4-8)9-5-10-12(18)14-6-11(17)16(10)15-9/h1-5,11,17H,6H2,(H,14,18). The van der Waals surface area contributed by atoms with Crippen molar-refractivity contribution < 1.29 is 14.3 Å². The molecule has 6 heteroatoms. The lowest BCUT2D eigenvalue weighted by atomic mass is 10.1. The van der Waals surface area contributed by atoms with Crippen molar-refractivity contribution >= 4 is 5.91 Å². The Balaban J connectivity index is 2.07. The molecule has 0 bridgehead atoms. The van der Waals surface area contributed by atoms with Gasteiger partial charge in [0.15, 0.2) is 6.23 Å². The highest BCUT2D eigenvalue weighted by molar-refractivity contribution is 5.94. The van der Waals surface area contributed by atoms with E-state index in [2.05, 4.69) is 10.4 Å². The highest BCUT2D eigenvalue weighted by Crippen LogP contribution is 2.22. The molecule has 1 aliphatic heterocycles. The Hall–Kier alpha value is -2.21. The number of aliphatic hydroxyl groups excluding tert-OH is 1. The Labute approximate surface area is 102 Å². The third-order valence-electron chi connectivity index (χ3n) is 2.84. The van der Waals surface area contributed by atoms with Gasteiger partial charge in [-0.15, -0.1) is 0 Å². The van der Waals surface area contributed by atoms with Crippen LogP contribution in [0.5, 0.6) is 0 Å². The molecule has 1 amide bonds. The van der Waals surface area contributed by atoms with Crippen molar-refractivity contribution in [2.45, 2.75) is 6.23 Å². The van der Waals surface area contributed by atoms with Gasteiger partial charge in [0.1, 0.15) is 11.5 Å². The topological polar surface area (TPSA) is 67.2 Å². The van der Waals surface area contributed by atoms with Gasteiger partial charge in [0, 0.05) is 5.56 Å². The molecule has 2 N–H and O–H groups in total. The van der Waals surface area contributed by atoms with Crippen LogP contribution < -0.4 is 5.32 Å². The van der Waals surface area contributed by atoms with Crippen LogP contribution in [0, 0.1) is 5.82 Å². The Bertz CT molecular complexity index is 606. The Morgan fingerprint density at radius 3 is 2.78 bits per heavy atom. The zero-order valence-corrected chi connectivity index (χ0v) is 9.30. The molecule has 0 saturated carbocycles. The lowest BCUT2D eigenvalue weighted by Crippen LogP contribution is -2.39. The minimum Gasteiger partial charge on any atom is -0.370 e. The zero-order chi connectivity index (χ0) is 12.7. The first-order valence-corrected chi connectivity index (χ1v) is 5.47. The molecular weight excluding hydrogens is 237 g/mol. The van der Waals surface area contributed by atoms with Crippen molar-refractivity contribution in [3.63, 3.8) is 0 Å². The van der Waals surface area contributed by atoms with E-state index >= 15 is 0 Å². The molecule has 5 nitrogen and oxygen atoms in total. The third-order valence-corrected chi connectivity index (χ3v) is 2.84. The Morgan fingerprint density at radius 1 is 1.39 bits per heavy atom. The average molecular weight is 247 g/mol. The highest BCUT2D eigenvalue weighted by Gasteiger charge is 2.25. The summed E-state index contributed by atoms with van der Waals surface area (Å²) in [7, 11) is 0. The molecule has 2 aromatic rings. The number of hydrogen-bond acceptors (Lipinski definition) is 3. The predicted octanol–water partition coefficient (Wildman–Crippen LogP) is 0.923. The van der Waals surface area contributed by atoms with Gasteiger partial charge in [-0.1, -0.05) is 0 Å². The lowest BCUT2D eigenvalue weighted by Gasteiger charge is -2.19. The van der Waals surface area contributed by atoms with Crippen LogP contribution in [0.25, 0.3) is 11.3 Å². The summed E-state index contributed by atoms with van der Waals surface area (Å²) in [6.07, 6.45) is -0.869. The molecule has 18 heavy (non-hydrogen) atoms. The van der Waals surface area contributed by atoms with E-state index in [0.717, 1.165) is 0 Å². The second-order valence-corrected chi connectivity index (χ2v) is 4.06. The number of rotatable bonds is 1. The van der Waals surface area contributed by atoms with Crippen LogP contribution in [0.1, 0.15) is 16.7 Å². The largest absolute Gasteiger partial charge is 0.370 e. The summed E-state index contributed by atoms with van der Waals surface area (Å²) >= 11 is 0. The van der Waals surface area contributed by atoms with Crippen LogP contribution in [-0.4, -0.2) is 27.3 Å². The monoisotopic (exact) mass is 247 g/mol. The normalized spacial score (nSPS) is 18.3. The van der Waals surface area contributed by atoms with Crippen molar-refractivity contribution in [2.24, 2.45) is 0 Å². The van der Waals surface area contributed by atoms with Crippen LogP contribution in [-0.2, 0) is 0 Å². The zero-order valence-electron chi connectivity index (χ0n) is 9.30. The molecule has 1 aliphatic rings. The van der Waals surface area contributed by atoms with E-state index in [1.165, 1.54) is 16.8 Å². The number of carbonyl (C=O) groups excluding carboxylic acids is 1. The Morgan fingerprint density at radius 2 is 2.11 bits per heavy atom. The predicted molar refractivity (Wildman–Crippen MR) is 61.2 cm³/mol. The maximum atomic E-state index is 12.8. The molecule has 0 aliphatic carbocycles. The third kappa shape index (κ3) is 1.67. The minimum absolute atomic E-state index is 0.135. The number of aliphatic hydroxyl groups is 1. The van der Waals surface area contributed by atoms with E-state index in [0.29, 0.717) is 17.0 Å². The maximum Gasteiger partial charge on any atom is 0.269 e. The fourth-order valence-electron chi connectivity index (χ4n) is 1.91. The van der Waals surface area contributed by atoms with Crippen LogP contribution >= 0.6 is 0 Å². The number of amides is 1. The quantitative estimate of drug-likeness (QED) is 0.787. The van der Waals surface area contributed by atoms with Gasteiger partial charge in [-0.25, -0.2) is 9.07 Å². The molecule has 0 radical (unpaired) electrons. The van der Waals surface area contributed by atoms with Crippen molar-refractivity contribution in [2.75, 3.05) is 6.54 Å². The van der Waals surface area contributed by atoms with E-state index in [1.54, 1.807) is 18.2 Å². The highest BCUT2D eigenvalue weighted by atomic mass is 19.1. The number of nitrogens with one attached hydrogen (secondary N) is 1. The first kappa shape index (κ1) is 10.9. The van der Waals surface area contributed by atoms with Gasteiger partial charge < -0.3 is 10.4 Å². The van der Waals surface area contributed by atoms with Crippen LogP contribution in [0.3, 0.4) is 0 Å². The fraction of sp³-hybridized carbons (Fsp3) is 0.167. The summed E-state index contributed by atoms with van der Waals surface area (Å²) in [6.45, 7) is 0.135. The second kappa shape index (κ2) is 3.92. The summed E-state index contributed by atoms with van der Waals surface area (Å²) in [5, 5.41) is 16.4. The smallest absolute Gasteiger partial charge is 0.269 e. The second-order valence-electron chi connectivity index (χ2n) is 4.06. The van der Waals surface area contributed by atoms with Crippen molar-refractivity contribution in [3.05, 3.63) is 41.8 Å². The van der Waals surface area contributed by atoms with Gasteiger partial charge in [-0.2, -0.15) is 5.10 Å². The average Bonchev–Trinajstić information content (AvgIpc) is 2.81. The Kier molecular flexibility index (Phi) is 2.38. The van der Waals surface area contributed by atoms with E-state index < -0.39 is 6.23 Å². The summed E-state index contributed by atoms with van der Waals surface area (Å²) < 4.78 is 14.1. The summed E-state index contributed by atoms with van der Waals surface area (Å²) in [6, 6.07) is 7.38. The number of halogens is 1. The number of hydrogen-bond donors (Lipinski definition) is 2. The summed E-state index contributed by atoms with van der Waals surface area (Å²) in [4.78, 5) is 11.6. The number of fused-ring (bicyclic) bond motifs is 1. The van der Waals surface area contributed by atoms with Crippen molar-refractivity contribution in [1.29, 1.82) is 0 Å². The van der Waals surface area contributed by atoms with Gasteiger partial charge in [0.05, 0.1) is 12.2 Å². The van der Waals surface area contributed by atoms with Gasteiger partial charge >= 0.3 is 0 Å². The first-order chi connectivity index (χ1) is 8.65. The van der Waals surface area contributed by atoms with Gasteiger partial charge in [0.2, 0.25) is 0 Å². The maximum absolute atomic E-state index is 12.8. The van der Waals surface area contributed by atoms with E-state index in [1.807, 2.05) is 0 Å². The molecule has 1 atom stereocenters. The molecule has 0 spiro atoms. The first-order valence-electron chi connectivity index (χ1n) is 5.47. The van der Waals surface area contributed by atoms with Gasteiger partial charge in [0.25, 0.3) is 5.91 Å². The molecule has 1 aromatic heterocycles. The van der Waals surface area contributed by atoms with E-state index in [9.17, 15) is 14.3 Å². The van der Waals surface area contributed by atoms with Crippen molar-refractivity contribution in [3.8, 4) is 11.3 Å². The summed E-state index contributed by atoms with van der Waals surface area (Å²) in [5.74, 6) is -0.610. The number of nitrogens with zero attached hydrogens (tertiary/aromatic N) is 2. The molecular formula is C12H10FN3O2. The van der Waals surface area contributed by atoms with Gasteiger partial charge in [-0.05, 0) is 30.3 Å². The van der Waals surface area contributed by atoms with Crippen LogP contribution in [0.4, 0.5) is 4.39 Å². The number of β-amino-alcohol motifs (C(OH)–C–C–N with tert-alkyl or cyclic N) is 1. The minimum atomic E-state index is -0.869. The van der Waals surface area contributed by atoms with Gasteiger partial charge in [-0.3, -0.25) is 4.79 Å². The lowest BCUT2D eigenvalue weighted by molar-refractivity contribution is 0.0594. The number of carbonyl (C=O) groups is 1. The summed E-state index contributed by atoms with van der Waals surface area (Å²) in [5.41, 5.74) is 1.52. The van der Waals surface area contributed by atoms with E-state index in [-0.39, 0.29) is 18.3 Å². The van der Waals surface area contributed by atoms with Crippen molar-refractivity contribution in [1.82, 2.24) is 15.1 Å². The molecule has 3 rings (SSSR count). The molecule has 0 fully saturated rings. The number of aromatic nitrogens is 2. The molecule has 2 heterocycles. The van der Waals surface area contributed by atoms with E-state index in [4.69, 9.17) is 0 Å². The molecule has 92 valence electrons. The van der Waals surface area contributed by atoms with Crippen LogP contribution in [0.2, 0.25) is 0 Å².